The number of para-hydroxylation sites is 2. The number of allylic oxidation sites excluding steroid dienone is 3. The highest BCUT2D eigenvalue weighted by Gasteiger charge is 2.45. The van der Waals surface area contributed by atoms with Gasteiger partial charge in [-0.3, -0.25) is 0 Å². The maximum Gasteiger partial charge on any atom is 0.215 e. The minimum atomic E-state index is -0.148. The molecule has 32 heavy (non-hydrogen) atoms. The minimum absolute atomic E-state index is 0.148. The second-order valence-corrected chi connectivity index (χ2v) is 9.23. The number of fused-ring (bicyclic) bond motifs is 1. The quantitative estimate of drug-likeness (QED) is 0.221. The lowest BCUT2D eigenvalue weighted by molar-refractivity contribution is 0.489. The normalized spacial score (nSPS) is 15.0. The van der Waals surface area contributed by atoms with Crippen molar-refractivity contribution >= 4 is 34.8 Å². The van der Waals surface area contributed by atoms with Crippen LogP contribution in [0.25, 0.3) is 0 Å². The fraction of sp³-hybridized carbons (Fsp3) is 0.179. The molecule has 3 aromatic carbocycles. The van der Waals surface area contributed by atoms with E-state index in [-0.39, 0.29) is 5.41 Å². The first-order chi connectivity index (χ1) is 15.5. The van der Waals surface area contributed by atoms with Crippen molar-refractivity contribution in [2.24, 2.45) is 0 Å². The number of hydrogen-bond acceptors (Lipinski definition) is 3. The summed E-state index contributed by atoms with van der Waals surface area (Å²) >= 11 is 1.40. The molecule has 0 atom stereocenters. The van der Waals surface area contributed by atoms with Crippen molar-refractivity contribution in [1.29, 1.82) is 0 Å². The molecule has 3 aromatic rings. The van der Waals surface area contributed by atoms with Gasteiger partial charge in [-0.2, -0.15) is 4.58 Å². The Hall–Kier alpha value is -3.08. The van der Waals surface area contributed by atoms with E-state index in [9.17, 15) is 0 Å². The molecule has 0 bridgehead atoms. The Morgan fingerprint density at radius 2 is 1.59 bits per heavy atom. The smallest absolute Gasteiger partial charge is 0.215 e. The zero-order valence-corrected chi connectivity index (χ0v) is 19.8. The molecule has 0 amide bonds. The average Bonchev–Trinajstić information content (AvgIpc) is 3.04. The summed E-state index contributed by atoms with van der Waals surface area (Å²) in [4.78, 5) is 3.23. The van der Waals surface area contributed by atoms with Gasteiger partial charge >= 0.3 is 0 Å². The van der Waals surface area contributed by atoms with E-state index in [0.717, 1.165) is 16.3 Å². The van der Waals surface area contributed by atoms with Crippen molar-refractivity contribution in [3.63, 3.8) is 0 Å². The predicted molar refractivity (Wildman–Crippen MR) is 138 cm³/mol. The topological polar surface area (TPSA) is 15.5 Å². The van der Waals surface area contributed by atoms with Crippen LogP contribution in [0.15, 0.2) is 108 Å². The van der Waals surface area contributed by atoms with Crippen LogP contribution in [0, 0.1) is 0 Å². The van der Waals surface area contributed by atoms with Crippen molar-refractivity contribution in [2.45, 2.75) is 24.2 Å². The van der Waals surface area contributed by atoms with E-state index in [1.54, 1.807) is 7.11 Å². The number of benzene rings is 3. The Balaban J connectivity index is 1.71. The summed E-state index contributed by atoms with van der Waals surface area (Å²) in [7, 11) is 3.77. The predicted octanol–water partition coefficient (Wildman–Crippen LogP) is 7.11. The molecule has 0 unspecified atom stereocenters. The molecular weight excluding hydrogens is 412 g/mol. The van der Waals surface area contributed by atoms with Gasteiger partial charge in [0, 0.05) is 65.7 Å². The van der Waals surface area contributed by atoms with E-state index >= 15 is 0 Å². The molecule has 0 aromatic heterocycles. The molecule has 1 heterocycles. The lowest BCUT2D eigenvalue weighted by Gasteiger charge is -2.16. The molecule has 0 N–H and O–H groups in total. The summed E-state index contributed by atoms with van der Waals surface area (Å²) in [5.41, 5.74) is 5.93. The second-order valence-electron chi connectivity index (χ2n) is 8.26. The summed E-state index contributed by atoms with van der Waals surface area (Å²) in [6.45, 7) is 4.57. The van der Waals surface area contributed by atoms with Gasteiger partial charge in [-0.1, -0.05) is 42.5 Å². The Kier molecular flexibility index (Phi) is 6.63. The molecule has 0 saturated heterocycles. The summed E-state index contributed by atoms with van der Waals surface area (Å²) < 4.78 is 7.66. The lowest BCUT2D eigenvalue weighted by atomic mass is 9.81. The van der Waals surface area contributed by atoms with Gasteiger partial charge in [0.05, 0.1) is 12.5 Å². The highest BCUT2D eigenvalue weighted by atomic mass is 32.2. The zero-order chi connectivity index (χ0) is 22.6. The van der Waals surface area contributed by atoms with Gasteiger partial charge in [0.25, 0.3) is 0 Å². The molecular formula is C28H29N2OS+. The van der Waals surface area contributed by atoms with E-state index in [4.69, 9.17) is 4.18 Å². The summed E-state index contributed by atoms with van der Waals surface area (Å²) in [6, 6.07) is 27.5. The van der Waals surface area contributed by atoms with Crippen LogP contribution in [0.4, 0.5) is 17.1 Å². The standard InChI is InChI=1S/C28H29N2OS/c1-28(2)25-21-24(32-31-4)18-19-26(25)30(23-15-9-6-10-16-23)27(28)17-11-12-20-29(3)22-13-7-5-8-14-22/h5-21H,1-4H3/q+1. The Morgan fingerprint density at radius 1 is 0.906 bits per heavy atom. The van der Waals surface area contributed by atoms with Crippen molar-refractivity contribution in [3.8, 4) is 0 Å². The third kappa shape index (κ3) is 4.43. The number of anilines is 1. The van der Waals surface area contributed by atoms with Crippen molar-refractivity contribution in [3.05, 3.63) is 109 Å². The SMILES string of the molecule is COSc1ccc2c(c1)C(C)(C)C(/C=C/C=C/N(C)c1ccccc1)=[N+]2c1ccccc1. The van der Waals surface area contributed by atoms with Gasteiger partial charge in [-0.05, 0) is 44.2 Å². The van der Waals surface area contributed by atoms with Crippen molar-refractivity contribution in [2.75, 3.05) is 19.1 Å². The summed E-state index contributed by atoms with van der Waals surface area (Å²) in [5.74, 6) is 0. The van der Waals surface area contributed by atoms with E-state index in [0.29, 0.717) is 0 Å². The molecule has 0 aliphatic carbocycles. The van der Waals surface area contributed by atoms with Gasteiger partial charge in [0.2, 0.25) is 11.4 Å². The lowest BCUT2D eigenvalue weighted by Crippen LogP contribution is -2.27. The fourth-order valence-electron chi connectivity index (χ4n) is 4.12. The summed E-state index contributed by atoms with van der Waals surface area (Å²) in [6.07, 6.45) is 8.53. The van der Waals surface area contributed by atoms with Crippen LogP contribution in [-0.4, -0.2) is 19.9 Å². The molecule has 0 radical (unpaired) electrons. The minimum Gasteiger partial charge on any atom is -0.351 e. The van der Waals surface area contributed by atoms with Gasteiger partial charge < -0.3 is 9.08 Å². The van der Waals surface area contributed by atoms with E-state index in [1.807, 2.05) is 6.07 Å². The van der Waals surface area contributed by atoms with Crippen LogP contribution in [0.3, 0.4) is 0 Å². The van der Waals surface area contributed by atoms with Gasteiger partial charge in [0.1, 0.15) is 0 Å². The average molecular weight is 442 g/mol. The second kappa shape index (κ2) is 9.60. The largest absolute Gasteiger partial charge is 0.351 e. The monoisotopic (exact) mass is 441 g/mol. The highest BCUT2D eigenvalue weighted by Crippen LogP contribution is 2.43. The first kappa shape index (κ1) is 22.1. The Labute approximate surface area is 195 Å². The van der Waals surface area contributed by atoms with Crippen LogP contribution in [0.1, 0.15) is 19.4 Å². The highest BCUT2D eigenvalue weighted by molar-refractivity contribution is 7.94. The molecule has 4 heteroatoms. The van der Waals surface area contributed by atoms with Gasteiger partial charge in [-0.25, -0.2) is 0 Å². The van der Waals surface area contributed by atoms with E-state index in [1.165, 1.54) is 29.0 Å². The number of rotatable bonds is 7. The third-order valence-electron chi connectivity index (χ3n) is 5.80. The summed E-state index contributed by atoms with van der Waals surface area (Å²) in [5, 5.41) is 0. The van der Waals surface area contributed by atoms with Crippen LogP contribution in [-0.2, 0) is 9.60 Å². The fourth-order valence-corrected chi connectivity index (χ4v) is 4.60. The molecule has 4 rings (SSSR count). The number of hydrogen-bond donors (Lipinski definition) is 0. The maximum absolute atomic E-state index is 5.30. The van der Waals surface area contributed by atoms with Crippen molar-refractivity contribution < 1.29 is 4.18 Å². The number of nitrogens with zero attached hydrogens (tertiary/aromatic N) is 2. The molecule has 3 nitrogen and oxygen atoms in total. The van der Waals surface area contributed by atoms with E-state index in [2.05, 4.69) is 128 Å². The first-order valence-corrected chi connectivity index (χ1v) is 11.5. The van der Waals surface area contributed by atoms with Crippen LogP contribution in [0.2, 0.25) is 0 Å². The molecule has 1 aliphatic heterocycles. The first-order valence-electron chi connectivity index (χ1n) is 10.7. The van der Waals surface area contributed by atoms with Gasteiger partial charge in [0.15, 0.2) is 5.71 Å². The Bertz CT molecular complexity index is 1160. The van der Waals surface area contributed by atoms with Crippen LogP contribution in [0.5, 0.6) is 0 Å². The third-order valence-corrected chi connectivity index (χ3v) is 6.41. The van der Waals surface area contributed by atoms with Crippen molar-refractivity contribution in [1.82, 2.24) is 4.58 Å². The molecule has 0 spiro atoms. The molecule has 1 aliphatic rings. The maximum atomic E-state index is 5.30. The van der Waals surface area contributed by atoms with Gasteiger partial charge in [-0.15, -0.1) is 0 Å². The van der Waals surface area contributed by atoms with E-state index < -0.39 is 0 Å². The van der Waals surface area contributed by atoms with Crippen LogP contribution >= 0.6 is 12.0 Å². The molecule has 162 valence electrons. The zero-order valence-electron chi connectivity index (χ0n) is 19.0. The molecule has 0 saturated carbocycles. The molecule has 0 fully saturated rings. The van der Waals surface area contributed by atoms with Crippen LogP contribution < -0.4 is 9.48 Å². The Morgan fingerprint density at radius 3 is 2.28 bits per heavy atom.